The molecule has 25 heavy (non-hydrogen) atoms. The second kappa shape index (κ2) is 7.70. The predicted molar refractivity (Wildman–Crippen MR) is 99.1 cm³/mol. The lowest BCUT2D eigenvalue weighted by atomic mass is 9.99. The molecule has 0 saturated heterocycles. The SMILES string of the molecule is Cc1ccc(C(=O)c2cc3c(cc2NC(=O)CCBr)OCCO3)cc1. The minimum Gasteiger partial charge on any atom is -0.486 e. The molecular weight excluding hydrogens is 386 g/mol. The van der Waals surface area contributed by atoms with Gasteiger partial charge in [-0.3, -0.25) is 9.59 Å². The number of anilines is 1. The molecule has 5 nitrogen and oxygen atoms in total. The number of hydrogen-bond acceptors (Lipinski definition) is 4. The average molecular weight is 404 g/mol. The lowest BCUT2D eigenvalue weighted by molar-refractivity contribution is -0.115. The molecular formula is C19H18BrNO4. The number of rotatable bonds is 5. The highest BCUT2D eigenvalue weighted by atomic mass is 79.9. The van der Waals surface area contributed by atoms with E-state index in [1.54, 1.807) is 24.3 Å². The Morgan fingerprint density at radius 1 is 1.08 bits per heavy atom. The number of aryl methyl sites for hydroxylation is 1. The number of carbonyl (C=O) groups excluding carboxylic acids is 2. The zero-order valence-corrected chi connectivity index (χ0v) is 15.4. The average Bonchev–Trinajstić information content (AvgIpc) is 2.61. The highest BCUT2D eigenvalue weighted by Gasteiger charge is 2.21. The van der Waals surface area contributed by atoms with Gasteiger partial charge in [-0.15, -0.1) is 0 Å². The van der Waals surface area contributed by atoms with Gasteiger partial charge in [0.05, 0.1) is 11.3 Å². The van der Waals surface area contributed by atoms with E-state index in [-0.39, 0.29) is 11.7 Å². The van der Waals surface area contributed by atoms with Crippen LogP contribution in [0.5, 0.6) is 11.5 Å². The largest absolute Gasteiger partial charge is 0.486 e. The molecule has 0 fully saturated rings. The summed E-state index contributed by atoms with van der Waals surface area (Å²) in [7, 11) is 0. The van der Waals surface area contributed by atoms with Gasteiger partial charge in [-0.1, -0.05) is 45.8 Å². The van der Waals surface area contributed by atoms with Crippen molar-refractivity contribution >= 4 is 33.3 Å². The summed E-state index contributed by atoms with van der Waals surface area (Å²) in [5, 5.41) is 3.34. The number of amides is 1. The molecule has 1 amide bonds. The summed E-state index contributed by atoms with van der Waals surface area (Å²) in [6.07, 6.45) is 0.312. The number of ketones is 1. The first kappa shape index (κ1) is 17.5. The van der Waals surface area contributed by atoms with Crippen LogP contribution in [-0.2, 0) is 4.79 Å². The Labute approximate surface area is 154 Å². The standard InChI is InChI=1S/C19H18BrNO4/c1-12-2-4-13(5-3-12)19(23)14-10-16-17(25-9-8-24-16)11-15(14)21-18(22)6-7-20/h2-5,10-11H,6-9H2,1H3,(H,21,22). The van der Waals surface area contributed by atoms with Crippen molar-refractivity contribution in [3.63, 3.8) is 0 Å². The van der Waals surface area contributed by atoms with Crippen molar-refractivity contribution in [2.24, 2.45) is 0 Å². The second-order valence-corrected chi connectivity index (χ2v) is 6.52. The van der Waals surface area contributed by atoms with Gasteiger partial charge in [0.1, 0.15) is 13.2 Å². The predicted octanol–water partition coefficient (Wildman–Crippen LogP) is 3.72. The molecule has 130 valence electrons. The van der Waals surface area contributed by atoms with Gasteiger partial charge in [0.25, 0.3) is 0 Å². The molecule has 6 heteroatoms. The molecule has 0 saturated carbocycles. The van der Waals surface area contributed by atoms with Crippen LogP contribution in [0.1, 0.15) is 27.9 Å². The Bertz CT molecular complexity index is 802. The Morgan fingerprint density at radius 2 is 1.72 bits per heavy atom. The van der Waals surface area contributed by atoms with E-state index >= 15 is 0 Å². The van der Waals surface area contributed by atoms with Crippen LogP contribution < -0.4 is 14.8 Å². The smallest absolute Gasteiger partial charge is 0.225 e. The zero-order chi connectivity index (χ0) is 17.8. The van der Waals surface area contributed by atoms with Crippen LogP contribution in [0.25, 0.3) is 0 Å². The summed E-state index contributed by atoms with van der Waals surface area (Å²) < 4.78 is 11.1. The van der Waals surface area contributed by atoms with E-state index in [0.717, 1.165) is 5.56 Å². The van der Waals surface area contributed by atoms with Crippen LogP contribution >= 0.6 is 15.9 Å². The fourth-order valence-electron chi connectivity index (χ4n) is 2.54. The van der Waals surface area contributed by atoms with Crippen molar-refractivity contribution in [3.8, 4) is 11.5 Å². The first-order valence-corrected chi connectivity index (χ1v) is 9.11. The normalized spacial score (nSPS) is 12.6. The summed E-state index contributed by atoms with van der Waals surface area (Å²) >= 11 is 3.24. The summed E-state index contributed by atoms with van der Waals surface area (Å²) in [6.45, 7) is 2.83. The lowest BCUT2D eigenvalue weighted by Gasteiger charge is -2.21. The van der Waals surface area contributed by atoms with Crippen LogP contribution in [0, 0.1) is 6.92 Å². The molecule has 3 rings (SSSR count). The maximum atomic E-state index is 12.9. The molecule has 0 spiro atoms. The fourth-order valence-corrected chi connectivity index (χ4v) is 2.90. The summed E-state index contributed by atoms with van der Waals surface area (Å²) in [4.78, 5) is 25.0. The van der Waals surface area contributed by atoms with E-state index in [0.29, 0.717) is 53.3 Å². The maximum absolute atomic E-state index is 12.9. The third kappa shape index (κ3) is 4.02. The number of carbonyl (C=O) groups is 2. The van der Waals surface area contributed by atoms with E-state index in [1.165, 1.54) is 0 Å². The van der Waals surface area contributed by atoms with Gasteiger partial charge < -0.3 is 14.8 Å². The second-order valence-electron chi connectivity index (χ2n) is 5.72. The van der Waals surface area contributed by atoms with Gasteiger partial charge in [0.2, 0.25) is 5.91 Å². The third-order valence-corrected chi connectivity index (χ3v) is 4.23. The number of benzene rings is 2. The maximum Gasteiger partial charge on any atom is 0.225 e. The summed E-state index contributed by atoms with van der Waals surface area (Å²) in [5.74, 6) is 0.693. The lowest BCUT2D eigenvalue weighted by Crippen LogP contribution is -2.19. The van der Waals surface area contributed by atoms with Crippen LogP contribution in [0.3, 0.4) is 0 Å². The molecule has 2 aromatic carbocycles. The first-order valence-electron chi connectivity index (χ1n) is 7.99. The number of ether oxygens (including phenoxy) is 2. The van der Waals surface area contributed by atoms with Gasteiger partial charge in [-0.25, -0.2) is 0 Å². The molecule has 0 aliphatic carbocycles. The number of nitrogens with one attached hydrogen (secondary N) is 1. The molecule has 2 aromatic rings. The third-order valence-electron chi connectivity index (χ3n) is 3.84. The van der Waals surface area contributed by atoms with Crippen molar-refractivity contribution in [1.82, 2.24) is 0 Å². The Hall–Kier alpha value is -2.34. The van der Waals surface area contributed by atoms with Crippen molar-refractivity contribution in [1.29, 1.82) is 0 Å². The topological polar surface area (TPSA) is 64.6 Å². The highest BCUT2D eigenvalue weighted by Crippen LogP contribution is 2.36. The minimum atomic E-state index is -0.175. The molecule has 0 atom stereocenters. The molecule has 1 N–H and O–H groups in total. The van der Waals surface area contributed by atoms with Crippen molar-refractivity contribution < 1.29 is 19.1 Å². The quantitative estimate of drug-likeness (QED) is 0.610. The van der Waals surface area contributed by atoms with Gasteiger partial charge in [0.15, 0.2) is 17.3 Å². The van der Waals surface area contributed by atoms with Gasteiger partial charge >= 0.3 is 0 Å². The number of hydrogen-bond donors (Lipinski definition) is 1. The van der Waals surface area contributed by atoms with Crippen LogP contribution in [0.2, 0.25) is 0 Å². The Balaban J connectivity index is 2.01. The fraction of sp³-hybridized carbons (Fsp3) is 0.263. The monoisotopic (exact) mass is 403 g/mol. The van der Waals surface area contributed by atoms with E-state index in [2.05, 4.69) is 21.2 Å². The van der Waals surface area contributed by atoms with Gasteiger partial charge in [-0.2, -0.15) is 0 Å². The van der Waals surface area contributed by atoms with Crippen LogP contribution in [0.15, 0.2) is 36.4 Å². The van der Waals surface area contributed by atoms with Gasteiger partial charge in [-0.05, 0) is 13.0 Å². The number of alkyl halides is 1. The minimum absolute atomic E-state index is 0.175. The van der Waals surface area contributed by atoms with E-state index in [1.807, 2.05) is 19.1 Å². The van der Waals surface area contributed by atoms with E-state index in [9.17, 15) is 9.59 Å². The molecule has 1 heterocycles. The zero-order valence-electron chi connectivity index (χ0n) is 13.8. The Morgan fingerprint density at radius 3 is 2.36 bits per heavy atom. The Kier molecular flexibility index (Phi) is 5.38. The van der Waals surface area contributed by atoms with Crippen molar-refractivity contribution in [2.75, 3.05) is 23.9 Å². The first-order chi connectivity index (χ1) is 12.1. The number of halogens is 1. The molecule has 0 aromatic heterocycles. The molecule has 0 unspecified atom stereocenters. The summed E-state index contributed by atoms with van der Waals surface area (Å²) in [5.41, 5.74) is 2.44. The molecule has 1 aliphatic heterocycles. The summed E-state index contributed by atoms with van der Waals surface area (Å²) in [6, 6.07) is 10.6. The van der Waals surface area contributed by atoms with E-state index < -0.39 is 0 Å². The molecule has 0 bridgehead atoms. The van der Waals surface area contributed by atoms with Crippen LogP contribution in [0.4, 0.5) is 5.69 Å². The van der Waals surface area contributed by atoms with Crippen molar-refractivity contribution in [2.45, 2.75) is 13.3 Å². The highest BCUT2D eigenvalue weighted by molar-refractivity contribution is 9.09. The van der Waals surface area contributed by atoms with Crippen LogP contribution in [-0.4, -0.2) is 30.2 Å². The van der Waals surface area contributed by atoms with Crippen molar-refractivity contribution in [3.05, 3.63) is 53.1 Å². The number of fused-ring (bicyclic) bond motifs is 1. The van der Waals surface area contributed by atoms with E-state index in [4.69, 9.17) is 9.47 Å². The molecule has 0 radical (unpaired) electrons. The molecule has 1 aliphatic rings. The van der Waals surface area contributed by atoms with Gasteiger partial charge in [0, 0.05) is 23.4 Å².